The fourth-order valence-corrected chi connectivity index (χ4v) is 2.24. The first-order valence-corrected chi connectivity index (χ1v) is 6.36. The number of ether oxygens (including phenoxy) is 1. The number of para-hydroxylation sites is 1. The second-order valence-corrected chi connectivity index (χ2v) is 4.55. The van der Waals surface area contributed by atoms with Crippen LogP contribution in [0.1, 0.15) is 5.56 Å². The summed E-state index contributed by atoms with van der Waals surface area (Å²) in [5.41, 5.74) is 0.972. The molecular weight excluding hydrogens is 228 g/mol. The zero-order valence-electron chi connectivity index (χ0n) is 10.8. The molecule has 0 aromatic heterocycles. The average Bonchev–Trinajstić information content (AvgIpc) is 2.40. The number of nitrogens with one attached hydrogen (secondary N) is 1. The van der Waals surface area contributed by atoms with Crippen molar-refractivity contribution >= 4 is 5.78 Å². The topological polar surface area (TPSA) is 41.6 Å². The van der Waals surface area contributed by atoms with E-state index in [1.807, 2.05) is 24.3 Å². The molecule has 0 unspecified atom stereocenters. The van der Waals surface area contributed by atoms with E-state index in [9.17, 15) is 4.79 Å². The summed E-state index contributed by atoms with van der Waals surface area (Å²) in [6.45, 7) is 4.40. The molecule has 4 heteroatoms. The van der Waals surface area contributed by atoms with Gasteiger partial charge in [-0.15, -0.1) is 0 Å². The van der Waals surface area contributed by atoms with Crippen molar-refractivity contribution < 1.29 is 9.53 Å². The number of methoxy groups -OCH3 is 1. The number of carbonyl (C=O) groups is 1. The number of hydrogen-bond donors (Lipinski definition) is 1. The molecule has 1 aliphatic rings. The number of piperazine rings is 1. The minimum absolute atomic E-state index is 0.251. The lowest BCUT2D eigenvalue weighted by Crippen LogP contribution is -2.45. The molecule has 0 amide bonds. The Kier molecular flexibility index (Phi) is 4.73. The van der Waals surface area contributed by atoms with Gasteiger partial charge in [0, 0.05) is 38.2 Å². The van der Waals surface area contributed by atoms with Crippen LogP contribution in [0.15, 0.2) is 24.3 Å². The quantitative estimate of drug-likeness (QED) is 0.833. The molecule has 1 aromatic rings. The highest BCUT2D eigenvalue weighted by Crippen LogP contribution is 2.18. The van der Waals surface area contributed by atoms with E-state index in [2.05, 4.69) is 10.2 Å². The molecular formula is C14H20N2O2. The third-order valence-electron chi connectivity index (χ3n) is 3.19. The second-order valence-electron chi connectivity index (χ2n) is 4.55. The van der Waals surface area contributed by atoms with Gasteiger partial charge in [-0.1, -0.05) is 18.2 Å². The van der Waals surface area contributed by atoms with Crippen molar-refractivity contribution in [3.8, 4) is 5.75 Å². The Morgan fingerprint density at radius 1 is 1.33 bits per heavy atom. The van der Waals surface area contributed by atoms with Crippen molar-refractivity contribution in [3.63, 3.8) is 0 Å². The number of rotatable bonds is 5. The van der Waals surface area contributed by atoms with E-state index in [1.165, 1.54) is 0 Å². The maximum atomic E-state index is 12.0. The zero-order valence-corrected chi connectivity index (χ0v) is 10.8. The molecule has 0 radical (unpaired) electrons. The highest BCUT2D eigenvalue weighted by Gasteiger charge is 2.14. The van der Waals surface area contributed by atoms with E-state index in [-0.39, 0.29) is 5.78 Å². The molecule has 1 aromatic carbocycles. The van der Waals surface area contributed by atoms with Crippen LogP contribution in [0.5, 0.6) is 5.75 Å². The molecule has 1 saturated heterocycles. The molecule has 18 heavy (non-hydrogen) atoms. The van der Waals surface area contributed by atoms with Gasteiger partial charge in [-0.2, -0.15) is 0 Å². The predicted molar refractivity (Wildman–Crippen MR) is 71.0 cm³/mol. The highest BCUT2D eigenvalue weighted by atomic mass is 16.5. The predicted octanol–water partition coefficient (Wildman–Crippen LogP) is 0.712. The summed E-state index contributed by atoms with van der Waals surface area (Å²) in [4.78, 5) is 14.2. The van der Waals surface area contributed by atoms with Crippen LogP contribution in [0.4, 0.5) is 0 Å². The van der Waals surface area contributed by atoms with E-state index in [0.717, 1.165) is 37.5 Å². The van der Waals surface area contributed by atoms with Crippen molar-refractivity contribution in [1.29, 1.82) is 0 Å². The Hall–Kier alpha value is -1.39. The molecule has 1 N–H and O–H groups in total. The van der Waals surface area contributed by atoms with Gasteiger partial charge >= 0.3 is 0 Å². The summed E-state index contributed by atoms with van der Waals surface area (Å²) in [5.74, 6) is 1.05. The van der Waals surface area contributed by atoms with Gasteiger partial charge in [-0.3, -0.25) is 9.69 Å². The highest BCUT2D eigenvalue weighted by molar-refractivity contribution is 5.83. The summed E-state index contributed by atoms with van der Waals surface area (Å²) >= 11 is 0. The van der Waals surface area contributed by atoms with Crippen molar-refractivity contribution in [2.75, 3.05) is 39.8 Å². The van der Waals surface area contributed by atoms with Crippen molar-refractivity contribution in [1.82, 2.24) is 10.2 Å². The van der Waals surface area contributed by atoms with Gasteiger partial charge in [0.2, 0.25) is 0 Å². The van der Waals surface area contributed by atoms with Crippen LogP contribution < -0.4 is 10.1 Å². The number of benzene rings is 1. The van der Waals surface area contributed by atoms with E-state index >= 15 is 0 Å². The largest absolute Gasteiger partial charge is 0.496 e. The van der Waals surface area contributed by atoms with E-state index in [0.29, 0.717) is 13.0 Å². The molecule has 0 aliphatic carbocycles. The Bertz CT molecular complexity index is 401. The molecule has 4 nitrogen and oxygen atoms in total. The molecule has 0 atom stereocenters. The molecule has 1 heterocycles. The van der Waals surface area contributed by atoms with E-state index in [4.69, 9.17) is 4.74 Å². The molecule has 0 spiro atoms. The summed E-state index contributed by atoms with van der Waals surface area (Å²) in [6.07, 6.45) is 0.452. The molecule has 2 rings (SSSR count). The fourth-order valence-electron chi connectivity index (χ4n) is 2.24. The molecule has 1 fully saturated rings. The van der Waals surface area contributed by atoms with Gasteiger partial charge in [0.15, 0.2) is 5.78 Å². The summed E-state index contributed by atoms with van der Waals surface area (Å²) in [7, 11) is 1.64. The lowest BCUT2D eigenvalue weighted by atomic mass is 10.1. The lowest BCUT2D eigenvalue weighted by Gasteiger charge is -2.26. The zero-order chi connectivity index (χ0) is 12.8. The lowest BCUT2D eigenvalue weighted by molar-refractivity contribution is -0.119. The smallest absolute Gasteiger partial charge is 0.151 e. The molecule has 0 bridgehead atoms. The molecule has 0 saturated carbocycles. The van der Waals surface area contributed by atoms with Gasteiger partial charge in [0.1, 0.15) is 5.75 Å². The van der Waals surface area contributed by atoms with Crippen LogP contribution in [0.25, 0.3) is 0 Å². The van der Waals surface area contributed by atoms with E-state index in [1.54, 1.807) is 7.11 Å². The Labute approximate surface area is 108 Å². The monoisotopic (exact) mass is 248 g/mol. The standard InChI is InChI=1S/C14H20N2O2/c1-18-14-5-3-2-4-12(14)10-13(17)11-16-8-6-15-7-9-16/h2-5,15H,6-11H2,1H3. The van der Waals surface area contributed by atoms with Crippen LogP contribution >= 0.6 is 0 Å². The van der Waals surface area contributed by atoms with Crippen LogP contribution in [-0.4, -0.2) is 50.5 Å². The third-order valence-corrected chi connectivity index (χ3v) is 3.19. The first-order valence-electron chi connectivity index (χ1n) is 6.36. The molecule has 98 valence electrons. The number of carbonyl (C=O) groups excluding carboxylic acids is 1. The minimum Gasteiger partial charge on any atom is -0.496 e. The van der Waals surface area contributed by atoms with Gasteiger partial charge in [0.05, 0.1) is 13.7 Å². The number of Topliss-reactive ketones (excluding diaryl/α,β-unsaturated/α-hetero) is 1. The van der Waals surface area contributed by atoms with Crippen LogP contribution in [0, 0.1) is 0 Å². The number of hydrogen-bond acceptors (Lipinski definition) is 4. The van der Waals surface area contributed by atoms with Crippen molar-refractivity contribution in [3.05, 3.63) is 29.8 Å². The average molecular weight is 248 g/mol. The normalized spacial score (nSPS) is 16.5. The van der Waals surface area contributed by atoms with Gasteiger partial charge in [-0.25, -0.2) is 0 Å². The maximum absolute atomic E-state index is 12.0. The van der Waals surface area contributed by atoms with Crippen molar-refractivity contribution in [2.24, 2.45) is 0 Å². The SMILES string of the molecule is COc1ccccc1CC(=O)CN1CCNCC1. The first-order chi connectivity index (χ1) is 8.79. The Morgan fingerprint density at radius 2 is 2.06 bits per heavy atom. The maximum Gasteiger partial charge on any atom is 0.151 e. The minimum atomic E-state index is 0.251. The third kappa shape index (κ3) is 3.55. The Morgan fingerprint density at radius 3 is 2.78 bits per heavy atom. The van der Waals surface area contributed by atoms with Crippen LogP contribution in [-0.2, 0) is 11.2 Å². The molecule has 1 aliphatic heterocycles. The van der Waals surface area contributed by atoms with Crippen molar-refractivity contribution in [2.45, 2.75) is 6.42 Å². The summed E-state index contributed by atoms with van der Waals surface area (Å²) < 4.78 is 5.26. The number of nitrogens with zero attached hydrogens (tertiary/aromatic N) is 1. The number of ketones is 1. The first kappa shape index (κ1) is 13.1. The second kappa shape index (κ2) is 6.52. The van der Waals surface area contributed by atoms with Crippen LogP contribution in [0.2, 0.25) is 0 Å². The van der Waals surface area contributed by atoms with Gasteiger partial charge in [0.25, 0.3) is 0 Å². The van der Waals surface area contributed by atoms with Crippen LogP contribution in [0.3, 0.4) is 0 Å². The van der Waals surface area contributed by atoms with Gasteiger partial charge < -0.3 is 10.1 Å². The van der Waals surface area contributed by atoms with Gasteiger partial charge in [-0.05, 0) is 6.07 Å². The Balaban J connectivity index is 1.90. The fraction of sp³-hybridized carbons (Fsp3) is 0.500. The van der Waals surface area contributed by atoms with E-state index < -0.39 is 0 Å². The summed E-state index contributed by atoms with van der Waals surface area (Å²) in [6, 6.07) is 7.71. The summed E-state index contributed by atoms with van der Waals surface area (Å²) in [5, 5.41) is 3.28.